The molecule has 2 atom stereocenters. The second kappa shape index (κ2) is 11.9. The van der Waals surface area contributed by atoms with Crippen LogP contribution in [0.3, 0.4) is 0 Å². The number of aryl methyl sites for hydroxylation is 1. The summed E-state index contributed by atoms with van der Waals surface area (Å²) >= 11 is 7.09. The minimum absolute atomic E-state index is 0.00104. The molecule has 47 heavy (non-hydrogen) atoms. The van der Waals surface area contributed by atoms with Crippen molar-refractivity contribution >= 4 is 39.9 Å². The number of aromatic nitrogens is 3. The summed E-state index contributed by atoms with van der Waals surface area (Å²) in [6, 6.07) is 2.74. The number of phenols is 1. The van der Waals surface area contributed by atoms with Crippen LogP contribution in [0.4, 0.5) is 24.7 Å². The Morgan fingerprint density at radius 1 is 1.13 bits per heavy atom. The molecule has 2 unspecified atom stereocenters. The van der Waals surface area contributed by atoms with Crippen molar-refractivity contribution in [2.45, 2.75) is 52.1 Å². The first-order valence-corrected chi connectivity index (χ1v) is 15.7. The van der Waals surface area contributed by atoms with Crippen molar-refractivity contribution in [1.82, 2.24) is 19.4 Å². The Morgan fingerprint density at radius 3 is 2.53 bits per heavy atom. The fourth-order valence-corrected chi connectivity index (χ4v) is 7.21. The van der Waals surface area contributed by atoms with Crippen LogP contribution in [0.15, 0.2) is 41.8 Å². The minimum atomic E-state index is -1.49. The second-order valence-corrected chi connectivity index (χ2v) is 12.8. The third-order valence-electron chi connectivity index (χ3n) is 9.17. The average molecular weight is 667 g/mol. The lowest BCUT2D eigenvalue weighted by molar-refractivity contribution is -0.128. The number of hydrogen-bond acceptors (Lipinski definition) is 7. The number of pyridine rings is 1. The summed E-state index contributed by atoms with van der Waals surface area (Å²) in [5.74, 6) is -4.81. The maximum absolute atomic E-state index is 17.1. The molecule has 0 aliphatic carbocycles. The molecule has 0 radical (unpaired) electrons. The summed E-state index contributed by atoms with van der Waals surface area (Å²) < 4.78 is 48.5. The predicted molar refractivity (Wildman–Crippen MR) is 176 cm³/mol. The Morgan fingerprint density at radius 2 is 1.85 bits per heavy atom. The van der Waals surface area contributed by atoms with Gasteiger partial charge >= 0.3 is 5.69 Å². The Hall–Kier alpha value is -4.58. The van der Waals surface area contributed by atoms with E-state index in [-0.39, 0.29) is 59.4 Å². The van der Waals surface area contributed by atoms with Gasteiger partial charge in [0.25, 0.3) is 0 Å². The van der Waals surface area contributed by atoms with Crippen LogP contribution < -0.4 is 15.5 Å². The van der Waals surface area contributed by atoms with E-state index in [4.69, 9.17) is 11.6 Å². The molecule has 0 saturated carbocycles. The molecule has 1 fully saturated rings. The lowest BCUT2D eigenvalue weighted by atomic mass is 9.95. The molecule has 1 saturated heterocycles. The van der Waals surface area contributed by atoms with Crippen LogP contribution in [0.5, 0.6) is 5.75 Å². The SMILES string of the molecule is C=CC(=O)N1CC2CCN(C)c3c(F)c(-c4c(O)ccc(F)c4F)c(Cl)c4c3c(nc(=O)n4-c3c(C)ccnc3C(C)C)N2CC1C. The van der Waals surface area contributed by atoms with E-state index in [0.29, 0.717) is 29.9 Å². The van der Waals surface area contributed by atoms with Crippen LogP contribution in [0.1, 0.15) is 44.4 Å². The van der Waals surface area contributed by atoms with Crippen LogP contribution in [0.2, 0.25) is 5.02 Å². The van der Waals surface area contributed by atoms with Crippen LogP contribution >= 0.6 is 11.6 Å². The van der Waals surface area contributed by atoms with Gasteiger partial charge in [-0.2, -0.15) is 4.98 Å². The Bertz CT molecular complexity index is 2030. The average Bonchev–Trinajstić information content (AvgIpc) is 3.02. The van der Waals surface area contributed by atoms with E-state index in [1.807, 2.05) is 25.7 Å². The van der Waals surface area contributed by atoms with Crippen LogP contribution in [-0.4, -0.2) is 69.2 Å². The molecule has 4 heterocycles. The van der Waals surface area contributed by atoms with Gasteiger partial charge in [-0.3, -0.25) is 14.3 Å². The molecule has 0 bridgehead atoms. The van der Waals surface area contributed by atoms with Crippen LogP contribution in [0.25, 0.3) is 27.7 Å². The Labute approximate surface area is 274 Å². The predicted octanol–water partition coefficient (Wildman–Crippen LogP) is 6.09. The molecular formula is C34H34ClF3N6O3. The van der Waals surface area contributed by atoms with E-state index in [1.54, 1.807) is 36.0 Å². The zero-order valence-corrected chi connectivity index (χ0v) is 27.4. The first-order valence-electron chi connectivity index (χ1n) is 15.3. The maximum atomic E-state index is 17.1. The molecule has 246 valence electrons. The summed E-state index contributed by atoms with van der Waals surface area (Å²) in [6.45, 7) is 11.9. The van der Waals surface area contributed by atoms with Gasteiger partial charge in [0.2, 0.25) is 5.91 Å². The van der Waals surface area contributed by atoms with E-state index in [2.05, 4.69) is 16.5 Å². The molecule has 1 N–H and O–H groups in total. The van der Waals surface area contributed by atoms with E-state index < -0.39 is 45.0 Å². The van der Waals surface area contributed by atoms with Gasteiger partial charge in [-0.05, 0) is 56.0 Å². The fraction of sp³-hybridized carbons (Fsp3) is 0.353. The van der Waals surface area contributed by atoms with Crippen LogP contribution in [0, 0.1) is 24.4 Å². The van der Waals surface area contributed by atoms with Gasteiger partial charge in [-0.25, -0.2) is 18.0 Å². The van der Waals surface area contributed by atoms with Gasteiger partial charge in [0.1, 0.15) is 11.6 Å². The fourth-order valence-electron chi connectivity index (χ4n) is 6.86. The molecule has 2 aromatic heterocycles. The number of benzene rings is 2. The van der Waals surface area contributed by atoms with Crippen molar-refractivity contribution in [3.63, 3.8) is 0 Å². The standard InChI is InChI=1S/C34H34ClF3N6O3/c1-7-22(46)42-15-19-11-13-41(6)32-25-31(26(35)24(28(32)38)23-21(45)9-8-20(36)27(23)37)44(30-17(4)10-12-39-29(30)16(2)3)34(47)40-33(25)43(19)14-18(42)5/h7-10,12,16,18-19,45H,1,11,13-15H2,2-6H3. The zero-order valence-electron chi connectivity index (χ0n) is 26.6. The molecule has 2 aliphatic rings. The number of aromatic hydroxyl groups is 1. The third-order valence-corrected chi connectivity index (χ3v) is 9.53. The molecule has 4 aromatic rings. The van der Waals surface area contributed by atoms with E-state index in [0.717, 1.165) is 12.1 Å². The lowest BCUT2D eigenvalue weighted by Crippen LogP contribution is -2.60. The smallest absolute Gasteiger partial charge is 0.354 e. The summed E-state index contributed by atoms with van der Waals surface area (Å²) in [6.07, 6.45) is 3.31. The van der Waals surface area contributed by atoms with Gasteiger partial charge < -0.3 is 19.8 Å². The number of hydrogen-bond donors (Lipinski definition) is 1. The highest BCUT2D eigenvalue weighted by Crippen LogP contribution is 2.50. The summed E-state index contributed by atoms with van der Waals surface area (Å²) in [5.41, 5.74) is -0.617. The number of anilines is 2. The molecule has 2 aromatic carbocycles. The maximum Gasteiger partial charge on any atom is 0.354 e. The third kappa shape index (κ3) is 5.00. The minimum Gasteiger partial charge on any atom is -0.507 e. The van der Waals surface area contributed by atoms with Crippen LogP contribution in [-0.2, 0) is 4.79 Å². The van der Waals surface area contributed by atoms with E-state index in [9.17, 15) is 19.1 Å². The van der Waals surface area contributed by atoms with Gasteiger partial charge in [0.15, 0.2) is 17.5 Å². The molecule has 1 amide bonds. The molecule has 2 aliphatic heterocycles. The van der Waals surface area contributed by atoms with Crippen molar-refractivity contribution < 1.29 is 23.1 Å². The number of carbonyl (C=O) groups is 1. The molecule has 13 heteroatoms. The number of piperazine rings is 1. The Balaban J connectivity index is 1.81. The highest BCUT2D eigenvalue weighted by Gasteiger charge is 2.40. The van der Waals surface area contributed by atoms with Gasteiger partial charge in [0.05, 0.1) is 38.6 Å². The first-order chi connectivity index (χ1) is 22.3. The zero-order chi connectivity index (χ0) is 34.1. The Kier molecular flexibility index (Phi) is 8.19. The van der Waals surface area contributed by atoms with Crippen molar-refractivity contribution in [3.8, 4) is 22.6 Å². The summed E-state index contributed by atoms with van der Waals surface area (Å²) in [5, 5.41) is 10.5. The largest absolute Gasteiger partial charge is 0.507 e. The normalized spacial score (nSPS) is 18.0. The first kappa shape index (κ1) is 32.4. The molecular weight excluding hydrogens is 633 g/mol. The molecule has 9 nitrogen and oxygen atoms in total. The lowest BCUT2D eigenvalue weighted by Gasteiger charge is -2.47. The highest BCUT2D eigenvalue weighted by atomic mass is 35.5. The monoisotopic (exact) mass is 666 g/mol. The highest BCUT2D eigenvalue weighted by molar-refractivity contribution is 6.39. The van der Waals surface area contributed by atoms with Gasteiger partial charge in [-0.1, -0.05) is 32.0 Å². The number of phenolic OH excluding ortho intramolecular Hbond substituents is 1. The van der Waals surface area contributed by atoms with Gasteiger partial charge in [0, 0.05) is 50.5 Å². The summed E-state index contributed by atoms with van der Waals surface area (Å²) in [7, 11) is 1.64. The van der Waals surface area contributed by atoms with E-state index >= 15 is 8.78 Å². The topological polar surface area (TPSA) is 94.8 Å². The summed E-state index contributed by atoms with van der Waals surface area (Å²) in [4.78, 5) is 41.4. The van der Waals surface area contributed by atoms with Crippen molar-refractivity contribution in [2.75, 3.05) is 36.5 Å². The number of amides is 1. The van der Waals surface area contributed by atoms with Crippen molar-refractivity contribution in [1.29, 1.82) is 0 Å². The molecule has 0 spiro atoms. The number of fused-ring (bicyclic) bond motifs is 2. The number of nitrogens with zero attached hydrogens (tertiary/aromatic N) is 6. The second-order valence-electron chi connectivity index (χ2n) is 12.5. The van der Waals surface area contributed by atoms with Gasteiger partial charge in [-0.15, -0.1) is 0 Å². The van der Waals surface area contributed by atoms with Crippen molar-refractivity contribution in [3.05, 3.63) is 81.3 Å². The van der Waals surface area contributed by atoms with E-state index in [1.165, 1.54) is 10.6 Å². The number of halogens is 4. The van der Waals surface area contributed by atoms with Crippen molar-refractivity contribution in [2.24, 2.45) is 0 Å². The number of carbonyl (C=O) groups excluding carboxylic acids is 1. The molecule has 6 rings (SSSR count). The quantitative estimate of drug-likeness (QED) is 0.264. The number of rotatable bonds is 4.